The Balaban J connectivity index is 1.45. The summed E-state index contributed by atoms with van der Waals surface area (Å²) in [6, 6.07) is 13.3. The number of nitrogens with one attached hydrogen (secondary N) is 2. The fraction of sp³-hybridized carbons (Fsp3) is 0.517. The fourth-order valence-electron chi connectivity index (χ4n) is 6.82. The van der Waals surface area contributed by atoms with Crippen molar-refractivity contribution in [1.29, 1.82) is 0 Å². The molecule has 2 fully saturated rings. The zero-order chi connectivity index (χ0) is 27.9. The summed E-state index contributed by atoms with van der Waals surface area (Å²) < 4.78 is 23.0. The number of halogens is 2. The van der Waals surface area contributed by atoms with Gasteiger partial charge in [-0.3, -0.25) is 9.59 Å². The number of hydrogen-bond acceptors (Lipinski definition) is 5. The number of aliphatic hydroxyl groups is 1. The summed E-state index contributed by atoms with van der Waals surface area (Å²) in [5.74, 6) is -0.676. The van der Waals surface area contributed by atoms with Crippen LogP contribution < -0.4 is 15.5 Å². The molecule has 3 heterocycles. The Kier molecular flexibility index (Phi) is 8.05. The summed E-state index contributed by atoms with van der Waals surface area (Å²) in [6.07, 6.45) is 1.59. The Bertz CT molecular complexity index is 1250. The first kappa shape index (κ1) is 28.4. The molecule has 0 bridgehead atoms. The van der Waals surface area contributed by atoms with Crippen LogP contribution in [0.15, 0.2) is 46.9 Å². The molecule has 3 N–H and O–H groups in total. The molecule has 210 valence electrons. The van der Waals surface area contributed by atoms with Crippen LogP contribution in [-0.2, 0) is 26.5 Å². The summed E-state index contributed by atoms with van der Waals surface area (Å²) in [5, 5.41) is 16.0. The molecule has 0 saturated carbocycles. The molecule has 2 aromatic carbocycles. The number of amides is 2. The van der Waals surface area contributed by atoms with Crippen molar-refractivity contribution in [1.82, 2.24) is 5.32 Å². The average Bonchev–Trinajstić information content (AvgIpc) is 3.31. The maximum Gasteiger partial charge on any atom is 0.264 e. The first-order chi connectivity index (χ1) is 18.6. The molecule has 10 heteroatoms. The van der Waals surface area contributed by atoms with Gasteiger partial charge in [-0.15, -0.1) is 0 Å². The zero-order valence-electron chi connectivity index (χ0n) is 22.7. The molecular formula is C29H37BrFN3O4Si. The lowest BCUT2D eigenvalue weighted by atomic mass is 9.82. The number of anilines is 2. The first-order valence-electron chi connectivity index (χ1n) is 13.8. The fourth-order valence-corrected chi connectivity index (χ4v) is 9.73. The Morgan fingerprint density at radius 2 is 2.10 bits per heavy atom. The normalized spacial score (nSPS) is 28.7. The van der Waals surface area contributed by atoms with Gasteiger partial charge < -0.3 is 29.5 Å². The maximum absolute atomic E-state index is 15.7. The third-order valence-electron chi connectivity index (χ3n) is 8.54. The molecule has 1 spiro atoms. The number of ether oxygens (including phenoxy) is 1. The number of benzene rings is 2. The van der Waals surface area contributed by atoms with Gasteiger partial charge in [0, 0.05) is 40.3 Å². The van der Waals surface area contributed by atoms with Crippen LogP contribution in [0.25, 0.3) is 0 Å². The molecule has 39 heavy (non-hydrogen) atoms. The van der Waals surface area contributed by atoms with E-state index in [4.69, 9.17) is 4.74 Å². The smallest absolute Gasteiger partial charge is 0.264 e. The van der Waals surface area contributed by atoms with E-state index in [1.165, 1.54) is 0 Å². The molecule has 3 aliphatic rings. The molecule has 0 aromatic heterocycles. The van der Waals surface area contributed by atoms with E-state index in [1.807, 2.05) is 49.4 Å². The van der Waals surface area contributed by atoms with E-state index in [0.717, 1.165) is 40.7 Å². The van der Waals surface area contributed by atoms with Gasteiger partial charge in [0.2, 0.25) is 14.3 Å². The molecule has 1 unspecified atom stereocenters. The highest BCUT2D eigenvalue weighted by Crippen LogP contribution is 2.60. The van der Waals surface area contributed by atoms with Crippen molar-refractivity contribution in [2.24, 2.45) is 11.8 Å². The standard InChI is InChI=1S/C29H37BrFN3O4Si/c1-18-26(39(2,3)31)25(11-13-35)38-29(18)23-15-21(30)9-10-24(23)34(28(29)37)17-19-6-4-8-22(14-19)33-27(36)20-7-5-12-32-16-20/h4,6,8-10,14-15,18,20,25-26,32,35H,5,7,11-13,16-17H2,1-3H3,(H,33,36)/t18-,20?,25+,26-,29+/m1/s1. The van der Waals surface area contributed by atoms with Crippen LogP contribution in [0.1, 0.15) is 37.3 Å². The van der Waals surface area contributed by atoms with Gasteiger partial charge in [0.15, 0.2) is 5.60 Å². The summed E-state index contributed by atoms with van der Waals surface area (Å²) in [4.78, 5) is 28.9. The van der Waals surface area contributed by atoms with Gasteiger partial charge in [-0.05, 0) is 74.8 Å². The quantitative estimate of drug-likeness (QED) is 0.297. The van der Waals surface area contributed by atoms with Gasteiger partial charge in [-0.25, -0.2) is 0 Å². The van der Waals surface area contributed by atoms with Crippen molar-refractivity contribution < 1.29 is 23.5 Å². The van der Waals surface area contributed by atoms with E-state index < -0.39 is 31.6 Å². The summed E-state index contributed by atoms with van der Waals surface area (Å²) in [6.45, 7) is 7.00. The Hall–Kier alpha value is -2.11. The monoisotopic (exact) mass is 617 g/mol. The number of rotatable bonds is 7. The van der Waals surface area contributed by atoms with E-state index in [0.29, 0.717) is 12.2 Å². The lowest BCUT2D eigenvalue weighted by Gasteiger charge is -2.31. The van der Waals surface area contributed by atoms with Gasteiger partial charge in [0.05, 0.1) is 24.3 Å². The van der Waals surface area contributed by atoms with Crippen LogP contribution in [0.3, 0.4) is 0 Å². The van der Waals surface area contributed by atoms with Gasteiger partial charge in [-0.2, -0.15) is 0 Å². The van der Waals surface area contributed by atoms with E-state index >= 15 is 4.11 Å². The molecule has 3 aliphatic heterocycles. The van der Waals surface area contributed by atoms with Crippen LogP contribution in [0, 0.1) is 11.8 Å². The largest absolute Gasteiger partial charge is 0.396 e. The molecular weight excluding hydrogens is 581 g/mol. The zero-order valence-corrected chi connectivity index (χ0v) is 25.3. The average molecular weight is 619 g/mol. The van der Waals surface area contributed by atoms with Gasteiger partial charge >= 0.3 is 0 Å². The molecule has 2 aromatic rings. The van der Waals surface area contributed by atoms with E-state index in [1.54, 1.807) is 18.0 Å². The summed E-state index contributed by atoms with van der Waals surface area (Å²) >= 11 is 3.55. The van der Waals surface area contributed by atoms with Crippen molar-refractivity contribution in [2.45, 2.75) is 63.1 Å². The molecule has 0 radical (unpaired) electrons. The number of piperidine rings is 1. The number of hydrogen-bond donors (Lipinski definition) is 3. The summed E-state index contributed by atoms with van der Waals surface area (Å²) in [5.41, 5.74) is 1.27. The molecule has 0 aliphatic carbocycles. The van der Waals surface area contributed by atoms with Crippen molar-refractivity contribution >= 4 is 47.5 Å². The lowest BCUT2D eigenvalue weighted by molar-refractivity contribution is -0.146. The van der Waals surface area contributed by atoms with Gasteiger partial charge in [0.25, 0.3) is 5.91 Å². The van der Waals surface area contributed by atoms with Crippen molar-refractivity contribution in [3.63, 3.8) is 0 Å². The minimum Gasteiger partial charge on any atom is -0.396 e. The van der Waals surface area contributed by atoms with Crippen molar-refractivity contribution in [3.05, 3.63) is 58.1 Å². The summed E-state index contributed by atoms with van der Waals surface area (Å²) in [7, 11) is -3.24. The minimum atomic E-state index is -3.24. The molecule has 5 rings (SSSR count). The topological polar surface area (TPSA) is 90.9 Å². The van der Waals surface area contributed by atoms with Gasteiger partial charge in [-0.1, -0.05) is 35.0 Å². The predicted molar refractivity (Wildman–Crippen MR) is 156 cm³/mol. The van der Waals surface area contributed by atoms with Crippen LogP contribution >= 0.6 is 15.9 Å². The maximum atomic E-state index is 15.7. The number of fused-ring (bicyclic) bond motifs is 2. The molecule has 7 nitrogen and oxygen atoms in total. The lowest BCUT2D eigenvalue weighted by Crippen LogP contribution is -2.45. The highest BCUT2D eigenvalue weighted by atomic mass is 79.9. The number of carbonyl (C=O) groups excluding carboxylic acids is 2. The second-order valence-electron chi connectivity index (χ2n) is 11.6. The van der Waals surface area contributed by atoms with Crippen LogP contribution in [0.2, 0.25) is 18.6 Å². The highest BCUT2D eigenvalue weighted by molar-refractivity contribution is 9.10. The highest BCUT2D eigenvalue weighted by Gasteiger charge is 2.66. The van der Waals surface area contributed by atoms with E-state index in [2.05, 4.69) is 26.6 Å². The third kappa shape index (κ3) is 5.22. The number of nitrogens with zero attached hydrogens (tertiary/aromatic N) is 1. The van der Waals surface area contributed by atoms with Crippen LogP contribution in [0.4, 0.5) is 15.5 Å². The predicted octanol–water partition coefficient (Wildman–Crippen LogP) is 5.09. The van der Waals surface area contributed by atoms with E-state index in [9.17, 15) is 14.7 Å². The molecule has 2 amide bonds. The second kappa shape index (κ2) is 11.0. The van der Waals surface area contributed by atoms with Gasteiger partial charge in [0.1, 0.15) is 0 Å². The Morgan fingerprint density at radius 3 is 2.79 bits per heavy atom. The minimum absolute atomic E-state index is 0.00195. The third-order valence-corrected chi connectivity index (χ3v) is 11.5. The SMILES string of the molecule is C[C@@H]1[C@@H]([Si](C)(C)F)[C@H](CCO)O[C@@]12C(=O)N(Cc1cccc(NC(=O)C3CCCNC3)c1)c1ccc(Br)cc12. The number of aliphatic hydroxyl groups excluding tert-OH is 1. The van der Waals surface area contributed by atoms with Crippen LogP contribution in [0.5, 0.6) is 0 Å². The Labute approximate surface area is 238 Å². The number of carbonyl (C=O) groups is 2. The van der Waals surface area contributed by atoms with Crippen molar-refractivity contribution in [2.75, 3.05) is 29.9 Å². The second-order valence-corrected chi connectivity index (χ2v) is 16.3. The Morgan fingerprint density at radius 1 is 1.31 bits per heavy atom. The van der Waals surface area contributed by atoms with E-state index in [-0.39, 0.29) is 37.3 Å². The molecule has 5 atom stereocenters. The first-order valence-corrected chi connectivity index (χ1v) is 17.5. The van der Waals surface area contributed by atoms with Crippen LogP contribution in [-0.4, -0.2) is 51.1 Å². The van der Waals surface area contributed by atoms with Crippen molar-refractivity contribution in [3.8, 4) is 0 Å². The molecule has 2 saturated heterocycles.